The number of fused-ring (bicyclic) bond motifs is 12. The smallest absolute Gasteiger partial charge is 0.161 e. The highest BCUT2D eigenvalue weighted by Crippen LogP contribution is 2.43. The molecular formula is C56H34N4. The average molecular weight is 763 g/mol. The van der Waals surface area contributed by atoms with E-state index in [0.29, 0.717) is 5.82 Å². The van der Waals surface area contributed by atoms with E-state index in [4.69, 9.17) is 9.97 Å². The molecule has 0 unspecified atom stereocenters. The fourth-order valence-electron chi connectivity index (χ4n) is 9.87. The van der Waals surface area contributed by atoms with E-state index < -0.39 is 0 Å². The molecular weight excluding hydrogens is 729 g/mol. The van der Waals surface area contributed by atoms with Gasteiger partial charge in [-0.25, -0.2) is 9.97 Å². The zero-order valence-electron chi connectivity index (χ0n) is 32.4. The van der Waals surface area contributed by atoms with Crippen molar-refractivity contribution >= 4 is 86.8 Å². The molecule has 3 aromatic heterocycles. The fraction of sp³-hybridized carbons (Fsp3) is 0. The minimum atomic E-state index is 0.706. The van der Waals surface area contributed by atoms with E-state index in [-0.39, 0.29) is 0 Å². The first-order chi connectivity index (χ1) is 29.8. The van der Waals surface area contributed by atoms with Gasteiger partial charge in [-0.3, -0.25) is 0 Å². The maximum Gasteiger partial charge on any atom is 0.161 e. The van der Waals surface area contributed by atoms with E-state index >= 15 is 0 Å². The van der Waals surface area contributed by atoms with Crippen LogP contribution in [0.4, 0.5) is 0 Å². The molecule has 278 valence electrons. The third kappa shape index (κ3) is 4.73. The summed E-state index contributed by atoms with van der Waals surface area (Å²) in [6.07, 6.45) is 0. The molecule has 4 heteroatoms. The Morgan fingerprint density at radius 1 is 0.333 bits per heavy atom. The van der Waals surface area contributed by atoms with Crippen LogP contribution in [0.2, 0.25) is 0 Å². The van der Waals surface area contributed by atoms with Crippen LogP contribution in [0.25, 0.3) is 121 Å². The summed E-state index contributed by atoms with van der Waals surface area (Å²) in [5, 5.41) is 13.2. The van der Waals surface area contributed by atoms with Gasteiger partial charge in [0, 0.05) is 49.1 Å². The van der Waals surface area contributed by atoms with E-state index in [2.05, 4.69) is 215 Å². The van der Waals surface area contributed by atoms with Crippen LogP contribution in [-0.4, -0.2) is 19.1 Å². The van der Waals surface area contributed by atoms with Crippen molar-refractivity contribution < 1.29 is 0 Å². The number of para-hydroxylation sites is 3. The van der Waals surface area contributed by atoms with Gasteiger partial charge in [-0.05, 0) is 87.6 Å². The minimum absolute atomic E-state index is 0.706. The summed E-state index contributed by atoms with van der Waals surface area (Å²) in [6.45, 7) is 0. The van der Waals surface area contributed by atoms with Gasteiger partial charge < -0.3 is 9.13 Å². The van der Waals surface area contributed by atoms with E-state index in [1.54, 1.807) is 0 Å². The number of nitrogens with zero attached hydrogens (tertiary/aromatic N) is 4. The van der Waals surface area contributed by atoms with Gasteiger partial charge in [-0.1, -0.05) is 146 Å². The van der Waals surface area contributed by atoms with Gasteiger partial charge in [0.15, 0.2) is 5.82 Å². The summed E-state index contributed by atoms with van der Waals surface area (Å²) in [6, 6.07) is 74.3. The first kappa shape index (κ1) is 32.9. The van der Waals surface area contributed by atoms with Crippen LogP contribution in [-0.2, 0) is 0 Å². The molecule has 3 heterocycles. The number of aromatic nitrogens is 4. The SMILES string of the molecule is c1ccc(-n2c3ccccc3c3cc(-c4nc(-c5ccc(-n6c7ccc8ccccc8c7c7c8ccccc8ccc76)c6ccccc56)nc5ccccc45)ccc32)cc1. The minimum Gasteiger partial charge on any atom is -0.309 e. The molecule has 4 nitrogen and oxygen atoms in total. The molecule has 13 aromatic rings. The first-order valence-corrected chi connectivity index (χ1v) is 20.5. The topological polar surface area (TPSA) is 35.6 Å². The molecule has 0 bridgehead atoms. The van der Waals surface area contributed by atoms with Crippen molar-refractivity contribution in [2.24, 2.45) is 0 Å². The molecule has 60 heavy (non-hydrogen) atoms. The molecule has 0 N–H and O–H groups in total. The molecule has 0 fully saturated rings. The lowest BCUT2D eigenvalue weighted by atomic mass is 10.00. The van der Waals surface area contributed by atoms with Gasteiger partial charge in [0.2, 0.25) is 0 Å². The number of hydrogen-bond donors (Lipinski definition) is 0. The number of rotatable bonds is 4. The van der Waals surface area contributed by atoms with Crippen LogP contribution in [0.15, 0.2) is 206 Å². The van der Waals surface area contributed by atoms with Gasteiger partial charge in [0.1, 0.15) is 0 Å². The van der Waals surface area contributed by atoms with E-state index in [9.17, 15) is 0 Å². The van der Waals surface area contributed by atoms with Crippen LogP contribution in [0, 0.1) is 0 Å². The highest BCUT2D eigenvalue weighted by Gasteiger charge is 2.21. The molecule has 0 saturated carbocycles. The summed E-state index contributed by atoms with van der Waals surface area (Å²) in [5.41, 5.74) is 10.9. The molecule has 10 aromatic carbocycles. The molecule has 13 rings (SSSR count). The maximum absolute atomic E-state index is 5.48. The monoisotopic (exact) mass is 762 g/mol. The molecule has 0 aliphatic carbocycles. The predicted octanol–water partition coefficient (Wildman–Crippen LogP) is 14.6. The largest absolute Gasteiger partial charge is 0.309 e. The Morgan fingerprint density at radius 3 is 1.63 bits per heavy atom. The third-order valence-corrected chi connectivity index (χ3v) is 12.5. The predicted molar refractivity (Wildman–Crippen MR) is 252 cm³/mol. The van der Waals surface area contributed by atoms with Crippen LogP contribution >= 0.6 is 0 Å². The van der Waals surface area contributed by atoms with Crippen molar-refractivity contribution in [2.75, 3.05) is 0 Å². The van der Waals surface area contributed by atoms with Gasteiger partial charge in [-0.15, -0.1) is 0 Å². The molecule has 0 spiro atoms. The van der Waals surface area contributed by atoms with Gasteiger partial charge >= 0.3 is 0 Å². The number of benzene rings is 10. The van der Waals surface area contributed by atoms with Crippen LogP contribution < -0.4 is 0 Å². The molecule has 0 saturated heterocycles. The van der Waals surface area contributed by atoms with Gasteiger partial charge in [0.05, 0.1) is 39.0 Å². The zero-order valence-corrected chi connectivity index (χ0v) is 32.4. The Kier molecular flexibility index (Phi) is 6.98. The Labute approximate surface area is 344 Å². The Bertz CT molecular complexity index is 3800. The molecule has 0 radical (unpaired) electrons. The van der Waals surface area contributed by atoms with Gasteiger partial charge in [0.25, 0.3) is 0 Å². The van der Waals surface area contributed by atoms with Gasteiger partial charge in [-0.2, -0.15) is 0 Å². The molecule has 0 aliphatic heterocycles. The maximum atomic E-state index is 5.48. The Morgan fingerprint density at radius 2 is 0.900 bits per heavy atom. The van der Waals surface area contributed by atoms with Crippen molar-refractivity contribution in [2.45, 2.75) is 0 Å². The van der Waals surface area contributed by atoms with Crippen molar-refractivity contribution in [1.29, 1.82) is 0 Å². The summed E-state index contributed by atoms with van der Waals surface area (Å²) in [4.78, 5) is 10.8. The number of hydrogen-bond acceptors (Lipinski definition) is 2. The standard InChI is InChI=1S/C56H34N4/c1-2-16-38(17-3-1)59-48-25-13-11-22-43(48)46-34-37(28-30-50(46)59)55-45-23-10-12-24-47(45)57-56(58-55)44-29-33-49(42-21-9-8-20-41(42)44)60-51-31-26-35-14-4-6-18-39(35)53(51)54-40-19-7-5-15-36(40)27-32-52(54)60/h1-34H. The van der Waals surface area contributed by atoms with E-state index in [1.165, 1.54) is 59.6 Å². The highest BCUT2D eigenvalue weighted by atomic mass is 15.0. The summed E-state index contributed by atoms with van der Waals surface area (Å²) >= 11 is 0. The normalized spacial score (nSPS) is 12.0. The lowest BCUT2D eigenvalue weighted by molar-refractivity contribution is 1.18. The average Bonchev–Trinajstić information content (AvgIpc) is 3.84. The summed E-state index contributed by atoms with van der Waals surface area (Å²) < 4.78 is 4.82. The molecule has 0 atom stereocenters. The van der Waals surface area contributed by atoms with Crippen LogP contribution in [0.1, 0.15) is 0 Å². The zero-order chi connectivity index (χ0) is 39.3. The van der Waals surface area contributed by atoms with Crippen LogP contribution in [0.5, 0.6) is 0 Å². The second-order valence-electron chi connectivity index (χ2n) is 15.7. The van der Waals surface area contributed by atoms with Crippen molar-refractivity contribution in [3.05, 3.63) is 206 Å². The van der Waals surface area contributed by atoms with E-state index in [0.717, 1.165) is 55.4 Å². The fourth-order valence-corrected chi connectivity index (χ4v) is 9.87. The first-order valence-electron chi connectivity index (χ1n) is 20.5. The van der Waals surface area contributed by atoms with Crippen molar-refractivity contribution in [3.8, 4) is 34.0 Å². The summed E-state index contributed by atoms with van der Waals surface area (Å²) in [5.74, 6) is 0.706. The second-order valence-corrected chi connectivity index (χ2v) is 15.7. The van der Waals surface area contributed by atoms with Crippen LogP contribution in [0.3, 0.4) is 0 Å². The van der Waals surface area contributed by atoms with Crippen molar-refractivity contribution in [1.82, 2.24) is 19.1 Å². The second kappa shape index (κ2) is 12.7. The van der Waals surface area contributed by atoms with E-state index in [1.807, 2.05) is 0 Å². The van der Waals surface area contributed by atoms with Crippen molar-refractivity contribution in [3.63, 3.8) is 0 Å². The Balaban J connectivity index is 1.04. The third-order valence-electron chi connectivity index (χ3n) is 12.5. The highest BCUT2D eigenvalue weighted by molar-refractivity contribution is 6.29. The Hall–Kier alpha value is -8.08. The summed E-state index contributed by atoms with van der Waals surface area (Å²) in [7, 11) is 0. The lowest BCUT2D eigenvalue weighted by Gasteiger charge is -2.16. The molecule has 0 aliphatic rings. The quantitative estimate of drug-likeness (QED) is 0.179. The lowest BCUT2D eigenvalue weighted by Crippen LogP contribution is -1.99. The molecule has 0 amide bonds.